The van der Waals surface area contributed by atoms with Gasteiger partial charge in [-0.1, -0.05) is 0 Å². The van der Waals surface area contributed by atoms with Crippen LogP contribution in [0.1, 0.15) is 44.7 Å². The average molecular weight is 687 g/mol. The minimum absolute atomic E-state index is 0. The molecule has 0 aromatic heterocycles. The Kier molecular flexibility index (Phi) is 12.4. The van der Waals surface area contributed by atoms with Crippen molar-refractivity contribution in [2.75, 3.05) is 36.8 Å². The van der Waals surface area contributed by atoms with Crippen LogP contribution < -0.4 is 28.4 Å². The summed E-state index contributed by atoms with van der Waals surface area (Å²) in [5.74, 6) is 0. The molecule has 19 heteroatoms. The van der Waals surface area contributed by atoms with E-state index in [9.17, 15) is 51.4 Å². The molecular weight excluding hydrogens is 654 g/mol. The zero-order chi connectivity index (χ0) is 33.7. The first-order valence-corrected chi connectivity index (χ1v) is 13.8. The van der Waals surface area contributed by atoms with Crippen molar-refractivity contribution in [2.24, 2.45) is 0 Å². The second kappa shape index (κ2) is 15.0. The third kappa shape index (κ3) is 10.8. The standard InChI is InChI=1S/C16H20F3N3O4.C11H12F3N3O2.ClH/c1-15(2,3)26-14(23)21-7-6-11(9-21)20-10-4-5-13(22(24)25)12(8-10)16(17,18)19;12-11(13,14)9-5-7(1-2-10(9)17(18)19)16-8-3-4-15-6-8;/h4-5,8,11,20H,6-7,9H2,1-3H3;1-2,5,8,15-16H,3-4,6H2;1H/t11-;8-;/m11./s1. The zero-order valence-corrected chi connectivity index (χ0v) is 25.6. The van der Waals surface area contributed by atoms with Gasteiger partial charge in [-0.25, -0.2) is 4.79 Å². The Morgan fingerprint density at radius 1 is 0.870 bits per heavy atom. The summed E-state index contributed by atoms with van der Waals surface area (Å²) in [5, 5.41) is 29.3. The number of likely N-dealkylation sites (tertiary alicyclic amines) is 1. The maximum Gasteiger partial charge on any atom is 0.423 e. The molecule has 2 aliphatic heterocycles. The maximum atomic E-state index is 13.0. The summed E-state index contributed by atoms with van der Waals surface area (Å²) >= 11 is 0. The van der Waals surface area contributed by atoms with Crippen LogP contribution in [0.25, 0.3) is 0 Å². The van der Waals surface area contributed by atoms with Gasteiger partial charge < -0.3 is 38.0 Å². The summed E-state index contributed by atoms with van der Waals surface area (Å²) in [4.78, 5) is 32.8. The van der Waals surface area contributed by atoms with Gasteiger partial charge in [-0.05, 0) is 51.5 Å². The number of quaternary nitrogens is 1. The lowest BCUT2D eigenvalue weighted by molar-refractivity contribution is -0.636. The summed E-state index contributed by atoms with van der Waals surface area (Å²) in [6.45, 7) is 7.62. The van der Waals surface area contributed by atoms with E-state index in [0.29, 0.717) is 19.0 Å². The monoisotopic (exact) mass is 686 g/mol. The molecule has 0 aliphatic carbocycles. The third-order valence-electron chi connectivity index (χ3n) is 6.75. The van der Waals surface area contributed by atoms with E-state index in [1.807, 2.05) is 0 Å². The number of alkyl halides is 6. The minimum Gasteiger partial charge on any atom is -1.00 e. The highest BCUT2D eigenvalue weighted by Crippen LogP contribution is 2.39. The van der Waals surface area contributed by atoms with Crippen molar-refractivity contribution in [1.29, 1.82) is 0 Å². The fraction of sp³-hybridized carbons (Fsp3) is 0.519. The molecule has 4 N–H and O–H groups in total. The van der Waals surface area contributed by atoms with E-state index in [4.69, 9.17) is 4.74 Å². The van der Waals surface area contributed by atoms with Crippen molar-refractivity contribution in [2.45, 2.75) is 63.7 Å². The number of rotatable bonds is 6. The first kappa shape index (κ1) is 38.1. The molecule has 2 heterocycles. The predicted molar refractivity (Wildman–Crippen MR) is 150 cm³/mol. The predicted octanol–water partition coefficient (Wildman–Crippen LogP) is 2.40. The largest absolute Gasteiger partial charge is 1.00 e. The number of nitrogens with two attached hydrogens (primary N) is 1. The lowest BCUT2D eigenvalue weighted by Crippen LogP contribution is -3.00. The second-order valence-corrected chi connectivity index (χ2v) is 11.5. The van der Waals surface area contributed by atoms with Crippen LogP contribution in [-0.2, 0) is 17.1 Å². The van der Waals surface area contributed by atoms with Crippen molar-refractivity contribution in [1.82, 2.24) is 4.90 Å². The number of nitrogens with zero attached hydrogens (tertiary/aromatic N) is 3. The molecule has 2 saturated heterocycles. The molecule has 0 saturated carbocycles. The molecule has 0 bridgehead atoms. The van der Waals surface area contributed by atoms with Gasteiger partial charge in [0.05, 0.1) is 29.0 Å². The van der Waals surface area contributed by atoms with Gasteiger partial charge in [-0.2, -0.15) is 26.3 Å². The van der Waals surface area contributed by atoms with Gasteiger partial charge in [0.2, 0.25) is 0 Å². The Balaban J connectivity index is 0.000000328. The maximum absolute atomic E-state index is 13.0. The number of hydrogen-bond acceptors (Lipinski definition) is 8. The van der Waals surface area contributed by atoms with Crippen LogP contribution in [0.3, 0.4) is 0 Å². The summed E-state index contributed by atoms with van der Waals surface area (Å²) < 4.78 is 82.6. The minimum atomic E-state index is -4.84. The number of nitro groups is 2. The second-order valence-electron chi connectivity index (χ2n) is 11.5. The van der Waals surface area contributed by atoms with E-state index in [2.05, 4.69) is 16.0 Å². The topological polar surface area (TPSA) is 156 Å². The van der Waals surface area contributed by atoms with Gasteiger partial charge in [0.15, 0.2) is 0 Å². The van der Waals surface area contributed by atoms with Gasteiger partial charge in [0.1, 0.15) is 16.7 Å². The number of ether oxygens (including phenoxy) is 1. The van der Waals surface area contributed by atoms with Crippen LogP contribution in [0.5, 0.6) is 0 Å². The molecule has 12 nitrogen and oxygen atoms in total. The van der Waals surface area contributed by atoms with Gasteiger partial charge in [0.25, 0.3) is 11.4 Å². The number of hydrogen-bond donors (Lipinski definition) is 3. The molecule has 46 heavy (non-hydrogen) atoms. The SMILES string of the molecule is CC(C)(C)OC(=O)N1CC[C@@H](Nc2ccc([N+](=O)[O-])c(C(F)(F)F)c2)C1.O=[N+]([O-])c1ccc(N[C@@H]2CC[NH2+]C2)cc1C(F)(F)F.[Cl-]. The van der Waals surface area contributed by atoms with Crippen LogP contribution in [-0.4, -0.2) is 64.7 Å². The van der Waals surface area contributed by atoms with Gasteiger partial charge in [0, 0.05) is 49.1 Å². The van der Waals surface area contributed by atoms with E-state index in [1.165, 1.54) is 17.0 Å². The zero-order valence-electron chi connectivity index (χ0n) is 24.9. The Morgan fingerprint density at radius 3 is 1.74 bits per heavy atom. The Morgan fingerprint density at radius 2 is 1.35 bits per heavy atom. The van der Waals surface area contributed by atoms with E-state index in [0.717, 1.165) is 37.7 Å². The first-order valence-electron chi connectivity index (χ1n) is 13.8. The number of anilines is 2. The number of nitro benzene ring substituents is 2. The van der Waals surface area contributed by atoms with Crippen LogP contribution in [0, 0.1) is 20.2 Å². The van der Waals surface area contributed by atoms with Crippen LogP contribution in [0.15, 0.2) is 36.4 Å². The fourth-order valence-corrected chi connectivity index (χ4v) is 4.75. The molecular formula is C27H33ClF6N6O6. The lowest BCUT2D eigenvalue weighted by Gasteiger charge is -2.24. The molecule has 4 rings (SSSR count). The lowest BCUT2D eigenvalue weighted by atomic mass is 10.1. The van der Waals surface area contributed by atoms with Gasteiger partial charge in [-0.15, -0.1) is 0 Å². The Labute approximate surface area is 265 Å². The summed E-state index contributed by atoms with van der Waals surface area (Å²) in [6.07, 6.45) is -8.67. The smallest absolute Gasteiger partial charge is 0.423 e. The van der Waals surface area contributed by atoms with Crippen molar-refractivity contribution >= 4 is 28.8 Å². The van der Waals surface area contributed by atoms with Gasteiger partial charge in [-0.3, -0.25) is 20.2 Å². The normalized spacial score (nSPS) is 18.2. The first-order chi connectivity index (χ1) is 20.7. The quantitative estimate of drug-likeness (QED) is 0.238. The van der Waals surface area contributed by atoms with Crippen LogP contribution >= 0.6 is 0 Å². The molecule has 2 aliphatic rings. The summed E-state index contributed by atoms with van der Waals surface area (Å²) in [7, 11) is 0. The molecule has 2 aromatic carbocycles. The average Bonchev–Trinajstić information content (AvgIpc) is 3.59. The number of halogens is 7. The summed E-state index contributed by atoms with van der Waals surface area (Å²) in [5.41, 5.74) is -4.71. The number of nitrogens with one attached hydrogen (secondary N) is 2. The third-order valence-corrected chi connectivity index (χ3v) is 6.75. The van der Waals surface area contributed by atoms with Crippen molar-refractivity contribution in [3.05, 3.63) is 67.8 Å². The number of benzene rings is 2. The van der Waals surface area contributed by atoms with E-state index < -0.39 is 56.4 Å². The number of amides is 1. The molecule has 1 amide bonds. The van der Waals surface area contributed by atoms with Crippen LogP contribution in [0.4, 0.5) is 53.9 Å². The highest BCUT2D eigenvalue weighted by molar-refractivity contribution is 5.69. The summed E-state index contributed by atoms with van der Waals surface area (Å²) in [6, 6.07) is 5.60. The number of carbonyl (C=O) groups is 1. The molecule has 256 valence electrons. The molecule has 2 aromatic rings. The van der Waals surface area contributed by atoms with Crippen molar-refractivity contribution < 1.29 is 63.4 Å². The van der Waals surface area contributed by atoms with E-state index >= 15 is 0 Å². The van der Waals surface area contributed by atoms with Gasteiger partial charge >= 0.3 is 18.4 Å². The van der Waals surface area contributed by atoms with E-state index in [-0.39, 0.29) is 42.4 Å². The van der Waals surface area contributed by atoms with Crippen molar-refractivity contribution in [3.63, 3.8) is 0 Å². The van der Waals surface area contributed by atoms with Crippen LogP contribution in [0.2, 0.25) is 0 Å². The molecule has 0 radical (unpaired) electrons. The molecule has 2 fully saturated rings. The fourth-order valence-electron chi connectivity index (χ4n) is 4.75. The highest BCUT2D eigenvalue weighted by atomic mass is 35.5. The number of carbonyl (C=O) groups excluding carboxylic acids is 1. The molecule has 0 spiro atoms. The van der Waals surface area contributed by atoms with Crippen molar-refractivity contribution in [3.8, 4) is 0 Å². The Hall–Kier alpha value is -4.06. The Bertz CT molecular complexity index is 1400. The van der Waals surface area contributed by atoms with E-state index in [1.54, 1.807) is 20.8 Å². The highest BCUT2D eigenvalue weighted by Gasteiger charge is 2.40. The molecule has 2 atom stereocenters. The molecule has 0 unspecified atom stereocenters.